The third-order valence-electron chi connectivity index (χ3n) is 5.29. The lowest BCUT2D eigenvalue weighted by Gasteiger charge is -2.20. The highest BCUT2D eigenvalue weighted by molar-refractivity contribution is 7.15. The van der Waals surface area contributed by atoms with Crippen LogP contribution in [0.5, 0.6) is 0 Å². The van der Waals surface area contributed by atoms with E-state index in [-0.39, 0.29) is 17.7 Å². The molecule has 1 N–H and O–H groups in total. The summed E-state index contributed by atoms with van der Waals surface area (Å²) in [6.45, 7) is 8.49. The highest BCUT2D eigenvalue weighted by Gasteiger charge is 2.34. The minimum atomic E-state index is -0.448. The Morgan fingerprint density at radius 3 is 2.59 bits per heavy atom. The van der Waals surface area contributed by atoms with Crippen LogP contribution in [-0.4, -0.2) is 28.6 Å². The van der Waals surface area contributed by atoms with Crippen LogP contribution in [0.4, 0.5) is 10.8 Å². The van der Waals surface area contributed by atoms with E-state index >= 15 is 0 Å². The Labute approximate surface area is 164 Å². The molecule has 2 heterocycles. The van der Waals surface area contributed by atoms with E-state index < -0.39 is 5.41 Å². The second-order valence-corrected chi connectivity index (χ2v) is 8.57. The predicted octanol–water partition coefficient (Wildman–Crippen LogP) is 4.00. The van der Waals surface area contributed by atoms with E-state index in [0.29, 0.717) is 18.1 Å². The fourth-order valence-corrected chi connectivity index (χ4v) is 3.74. The van der Waals surface area contributed by atoms with E-state index in [1.54, 1.807) is 0 Å². The fourth-order valence-electron chi connectivity index (χ4n) is 2.91. The van der Waals surface area contributed by atoms with Gasteiger partial charge in [0.05, 0.1) is 0 Å². The van der Waals surface area contributed by atoms with E-state index in [4.69, 9.17) is 0 Å². The van der Waals surface area contributed by atoms with Crippen molar-refractivity contribution in [2.24, 2.45) is 5.41 Å². The number of amides is 2. The van der Waals surface area contributed by atoms with Gasteiger partial charge in [0.2, 0.25) is 16.9 Å². The van der Waals surface area contributed by atoms with Crippen LogP contribution in [0.15, 0.2) is 24.3 Å². The smallest absolute Gasteiger partial charge is 0.231 e. The Balaban J connectivity index is 1.68. The molecule has 1 atom stereocenters. The molecule has 1 aliphatic heterocycles. The highest BCUT2D eigenvalue weighted by Crippen LogP contribution is 2.34. The molecule has 0 bridgehead atoms. The lowest BCUT2D eigenvalue weighted by Crippen LogP contribution is -2.29. The summed E-state index contributed by atoms with van der Waals surface area (Å²) in [5, 5.41) is 12.5. The minimum absolute atomic E-state index is 0.00527. The van der Waals surface area contributed by atoms with Crippen molar-refractivity contribution in [3.8, 4) is 0 Å². The molecule has 0 spiro atoms. The van der Waals surface area contributed by atoms with Gasteiger partial charge in [-0.15, -0.1) is 10.2 Å². The summed E-state index contributed by atoms with van der Waals surface area (Å²) in [7, 11) is 0. The number of rotatable bonds is 6. The quantitative estimate of drug-likeness (QED) is 0.814. The molecule has 0 radical (unpaired) electrons. The summed E-state index contributed by atoms with van der Waals surface area (Å²) in [6.07, 6.45) is 2.14. The molecule has 1 aliphatic rings. The summed E-state index contributed by atoms with van der Waals surface area (Å²) >= 11 is 1.36. The summed E-state index contributed by atoms with van der Waals surface area (Å²) in [5.41, 5.74) is 1.72. The Morgan fingerprint density at radius 1 is 1.26 bits per heavy atom. The number of aromatic nitrogens is 2. The molecule has 2 amide bonds. The van der Waals surface area contributed by atoms with Crippen LogP contribution < -0.4 is 10.2 Å². The molecule has 0 aliphatic carbocycles. The molecule has 1 saturated heterocycles. The first-order valence-corrected chi connectivity index (χ1v) is 10.2. The van der Waals surface area contributed by atoms with Gasteiger partial charge in [0.1, 0.15) is 5.01 Å². The van der Waals surface area contributed by atoms with Crippen LogP contribution in [0, 0.1) is 5.41 Å². The summed E-state index contributed by atoms with van der Waals surface area (Å²) in [4.78, 5) is 26.6. The predicted molar refractivity (Wildman–Crippen MR) is 108 cm³/mol. The van der Waals surface area contributed by atoms with Crippen molar-refractivity contribution in [2.75, 3.05) is 16.8 Å². The maximum absolute atomic E-state index is 12.5. The molecule has 144 valence electrons. The van der Waals surface area contributed by atoms with Crippen molar-refractivity contribution in [3.05, 3.63) is 34.8 Å². The number of benzene rings is 1. The van der Waals surface area contributed by atoms with Crippen molar-refractivity contribution in [1.29, 1.82) is 0 Å². The van der Waals surface area contributed by atoms with Gasteiger partial charge >= 0.3 is 0 Å². The number of nitrogens with one attached hydrogen (secondary N) is 1. The van der Waals surface area contributed by atoms with Crippen LogP contribution in [0.25, 0.3) is 0 Å². The number of hydrogen-bond acceptors (Lipinski definition) is 5. The van der Waals surface area contributed by atoms with Gasteiger partial charge in [-0.2, -0.15) is 0 Å². The fraction of sp³-hybridized carbons (Fsp3) is 0.500. The van der Waals surface area contributed by atoms with Gasteiger partial charge in [-0.1, -0.05) is 51.2 Å². The van der Waals surface area contributed by atoms with Crippen LogP contribution in [0.1, 0.15) is 57.0 Å². The average Bonchev–Trinajstić information content (AvgIpc) is 3.28. The minimum Gasteiger partial charge on any atom is -0.312 e. The maximum Gasteiger partial charge on any atom is 0.231 e. The topological polar surface area (TPSA) is 75.2 Å². The maximum atomic E-state index is 12.5. The van der Waals surface area contributed by atoms with E-state index in [2.05, 4.69) is 34.6 Å². The largest absolute Gasteiger partial charge is 0.312 e. The van der Waals surface area contributed by atoms with Gasteiger partial charge in [-0.3, -0.25) is 9.59 Å². The molecule has 2 aromatic rings. The molecule has 0 saturated carbocycles. The van der Waals surface area contributed by atoms with Crippen molar-refractivity contribution in [2.45, 2.75) is 52.9 Å². The highest BCUT2D eigenvalue weighted by atomic mass is 32.1. The van der Waals surface area contributed by atoms with E-state index in [1.165, 1.54) is 16.9 Å². The zero-order valence-electron chi connectivity index (χ0n) is 16.3. The van der Waals surface area contributed by atoms with Gasteiger partial charge in [0, 0.05) is 30.0 Å². The van der Waals surface area contributed by atoms with E-state index in [1.807, 2.05) is 37.8 Å². The van der Waals surface area contributed by atoms with Crippen molar-refractivity contribution < 1.29 is 9.59 Å². The normalized spacial score (nSPS) is 17.4. The number of carbonyl (C=O) groups is 2. The van der Waals surface area contributed by atoms with Crippen LogP contribution in [0.3, 0.4) is 0 Å². The van der Waals surface area contributed by atoms with Gasteiger partial charge in [-0.25, -0.2) is 0 Å². The molecule has 6 nitrogen and oxygen atoms in total. The Hall–Kier alpha value is -2.28. The zero-order valence-corrected chi connectivity index (χ0v) is 17.1. The van der Waals surface area contributed by atoms with Gasteiger partial charge in [-0.05, 0) is 30.5 Å². The average molecular weight is 387 g/mol. The van der Waals surface area contributed by atoms with Gasteiger partial charge in [0.25, 0.3) is 0 Å². The van der Waals surface area contributed by atoms with E-state index in [9.17, 15) is 9.59 Å². The third kappa shape index (κ3) is 4.18. The molecule has 1 aromatic carbocycles. The van der Waals surface area contributed by atoms with E-state index in [0.717, 1.165) is 23.5 Å². The Bertz CT molecular complexity index is 829. The molecule has 7 heteroatoms. The first kappa shape index (κ1) is 19.5. The monoisotopic (exact) mass is 386 g/mol. The SMILES string of the molecule is CCc1ccc(N2C[C@H](c3nnc(NC(=O)C(C)(C)CC)s3)CC2=O)cc1. The molecule has 1 aromatic heterocycles. The number of nitrogens with zero attached hydrogens (tertiary/aromatic N) is 3. The third-order valence-corrected chi connectivity index (χ3v) is 6.29. The van der Waals surface area contributed by atoms with Crippen molar-refractivity contribution in [3.63, 3.8) is 0 Å². The molecular formula is C20H26N4O2S. The van der Waals surface area contributed by atoms with Crippen molar-refractivity contribution >= 4 is 34.0 Å². The summed E-state index contributed by atoms with van der Waals surface area (Å²) in [5.74, 6) is 0.0377. The number of anilines is 2. The lowest BCUT2D eigenvalue weighted by molar-refractivity contribution is -0.124. The first-order valence-electron chi connectivity index (χ1n) is 9.38. The lowest BCUT2D eigenvalue weighted by atomic mass is 9.89. The summed E-state index contributed by atoms with van der Waals surface area (Å²) in [6, 6.07) is 8.11. The molecule has 27 heavy (non-hydrogen) atoms. The molecule has 0 unspecified atom stereocenters. The van der Waals surface area contributed by atoms with Crippen LogP contribution in [0.2, 0.25) is 0 Å². The summed E-state index contributed by atoms with van der Waals surface area (Å²) < 4.78 is 0. The second-order valence-electron chi connectivity index (χ2n) is 7.56. The zero-order chi connectivity index (χ0) is 19.6. The van der Waals surface area contributed by atoms with Crippen LogP contribution in [-0.2, 0) is 16.0 Å². The molecule has 1 fully saturated rings. The van der Waals surface area contributed by atoms with Gasteiger partial charge < -0.3 is 10.2 Å². The Morgan fingerprint density at radius 2 is 1.96 bits per heavy atom. The number of hydrogen-bond donors (Lipinski definition) is 1. The van der Waals surface area contributed by atoms with Crippen molar-refractivity contribution in [1.82, 2.24) is 10.2 Å². The molecule has 3 rings (SSSR count). The van der Waals surface area contributed by atoms with Crippen LogP contribution >= 0.6 is 11.3 Å². The first-order chi connectivity index (χ1) is 12.8. The standard InChI is InChI=1S/C20H26N4O2S/c1-5-13-7-9-15(10-8-13)24-12-14(11-16(24)25)17-22-23-19(27-17)21-18(26)20(3,4)6-2/h7-10,14H,5-6,11-12H2,1-4H3,(H,21,23,26)/t14-/m1/s1. The Kier molecular flexibility index (Phi) is 5.60. The second kappa shape index (κ2) is 7.76. The molecular weight excluding hydrogens is 360 g/mol. The number of carbonyl (C=O) groups excluding carboxylic acids is 2. The number of aryl methyl sites for hydroxylation is 1. The van der Waals surface area contributed by atoms with Gasteiger partial charge in [0.15, 0.2) is 0 Å².